The number of benzene rings is 1. The van der Waals surface area contributed by atoms with Crippen molar-refractivity contribution in [3.63, 3.8) is 0 Å². The zero-order valence-corrected chi connectivity index (χ0v) is 14.4. The van der Waals surface area contributed by atoms with Crippen molar-refractivity contribution in [2.45, 2.75) is 26.9 Å². The van der Waals surface area contributed by atoms with Crippen LogP contribution in [-0.2, 0) is 14.3 Å². The molecule has 7 heteroatoms. The Morgan fingerprint density at radius 2 is 1.62 bits per heavy atom. The van der Waals surface area contributed by atoms with Gasteiger partial charge in [0, 0.05) is 18.3 Å². The number of aryl methyl sites for hydroxylation is 1. The lowest BCUT2D eigenvalue weighted by Crippen LogP contribution is -2.29. The van der Waals surface area contributed by atoms with Gasteiger partial charge in [0.1, 0.15) is 4.88 Å². The van der Waals surface area contributed by atoms with Crippen LogP contribution in [-0.4, -0.2) is 23.9 Å². The number of hydrogen-bond donors (Lipinski definition) is 2. The number of hydrogen-bond acceptors (Lipinski definition) is 5. The summed E-state index contributed by atoms with van der Waals surface area (Å²) in [5, 5.41) is 7.10. The lowest BCUT2D eigenvalue weighted by Gasteiger charge is -2.13. The third kappa shape index (κ3) is 4.66. The molecule has 0 aliphatic carbocycles. The number of esters is 1. The van der Waals surface area contributed by atoms with Crippen LogP contribution in [0.1, 0.15) is 29.1 Å². The fraction of sp³-hybridized carbons (Fsp3) is 0.235. The molecule has 2 amide bonds. The van der Waals surface area contributed by atoms with Crippen LogP contribution < -0.4 is 10.6 Å². The number of nitrogens with one attached hydrogen (secondary N) is 2. The van der Waals surface area contributed by atoms with Crippen LogP contribution in [0, 0.1) is 6.92 Å². The molecule has 0 aliphatic heterocycles. The predicted molar refractivity (Wildman–Crippen MR) is 93.3 cm³/mol. The Bertz CT molecular complexity index is 752. The highest BCUT2D eigenvalue weighted by molar-refractivity contribution is 7.12. The SMILES string of the molecule is CC(=O)Nc1ccc(NC(=O)[C@@H](C)OC(=O)c2sccc2C)cc1. The highest BCUT2D eigenvalue weighted by Crippen LogP contribution is 2.18. The third-order valence-corrected chi connectivity index (χ3v) is 4.17. The maximum absolute atomic E-state index is 12.1. The van der Waals surface area contributed by atoms with Crippen molar-refractivity contribution >= 4 is 40.5 Å². The topological polar surface area (TPSA) is 84.5 Å². The first-order valence-electron chi connectivity index (χ1n) is 7.30. The van der Waals surface area contributed by atoms with Crippen molar-refractivity contribution in [3.05, 3.63) is 46.2 Å². The maximum Gasteiger partial charge on any atom is 0.349 e. The molecule has 2 aromatic rings. The van der Waals surface area contributed by atoms with Crippen LogP contribution in [0.5, 0.6) is 0 Å². The molecule has 1 aromatic carbocycles. The van der Waals surface area contributed by atoms with Crippen LogP contribution in [0.2, 0.25) is 0 Å². The molecule has 0 saturated heterocycles. The minimum atomic E-state index is -0.922. The van der Waals surface area contributed by atoms with Crippen LogP contribution in [0.15, 0.2) is 35.7 Å². The van der Waals surface area contributed by atoms with Gasteiger partial charge >= 0.3 is 5.97 Å². The fourth-order valence-electron chi connectivity index (χ4n) is 1.93. The molecule has 0 unspecified atom stereocenters. The number of carbonyl (C=O) groups excluding carboxylic acids is 3. The summed E-state index contributed by atoms with van der Waals surface area (Å²) in [6.07, 6.45) is -0.922. The van der Waals surface area contributed by atoms with E-state index in [1.54, 1.807) is 29.6 Å². The second kappa shape index (κ2) is 7.74. The molecule has 0 aliphatic rings. The van der Waals surface area contributed by atoms with Gasteiger partial charge in [0.25, 0.3) is 5.91 Å². The molecule has 0 fully saturated rings. The molecule has 126 valence electrons. The Morgan fingerprint density at radius 1 is 1.04 bits per heavy atom. The Labute approximate surface area is 143 Å². The Hall–Kier alpha value is -2.67. The molecule has 0 saturated carbocycles. The smallest absolute Gasteiger partial charge is 0.349 e. The molecule has 6 nitrogen and oxygen atoms in total. The lowest BCUT2D eigenvalue weighted by atomic mass is 10.2. The van der Waals surface area contributed by atoms with Gasteiger partial charge in [-0.05, 0) is 55.1 Å². The van der Waals surface area contributed by atoms with E-state index in [1.807, 2.05) is 13.0 Å². The largest absolute Gasteiger partial charge is 0.448 e. The summed E-state index contributed by atoms with van der Waals surface area (Å²) in [6.45, 7) is 4.75. The summed E-state index contributed by atoms with van der Waals surface area (Å²) < 4.78 is 5.19. The van der Waals surface area contributed by atoms with E-state index in [2.05, 4.69) is 10.6 Å². The summed E-state index contributed by atoms with van der Waals surface area (Å²) in [5.41, 5.74) is 2.00. The normalized spacial score (nSPS) is 11.5. The summed E-state index contributed by atoms with van der Waals surface area (Å²) in [7, 11) is 0. The zero-order valence-electron chi connectivity index (χ0n) is 13.6. The molecule has 1 aromatic heterocycles. The van der Waals surface area contributed by atoms with E-state index in [4.69, 9.17) is 4.74 Å². The maximum atomic E-state index is 12.1. The summed E-state index contributed by atoms with van der Waals surface area (Å²) in [6, 6.07) is 8.47. The second-order valence-corrected chi connectivity index (χ2v) is 6.14. The van der Waals surface area contributed by atoms with Gasteiger partial charge in [0.05, 0.1) is 0 Å². The van der Waals surface area contributed by atoms with Gasteiger partial charge in [-0.25, -0.2) is 4.79 Å². The predicted octanol–water partition coefficient (Wildman–Crippen LogP) is 3.20. The van der Waals surface area contributed by atoms with Gasteiger partial charge in [-0.1, -0.05) is 0 Å². The summed E-state index contributed by atoms with van der Waals surface area (Å²) >= 11 is 1.28. The second-order valence-electron chi connectivity index (χ2n) is 5.23. The first-order valence-corrected chi connectivity index (χ1v) is 8.18. The molecule has 1 heterocycles. The molecule has 24 heavy (non-hydrogen) atoms. The standard InChI is InChI=1S/C17H18N2O4S/c1-10-8-9-24-15(10)17(22)23-11(2)16(21)19-14-6-4-13(5-7-14)18-12(3)20/h4-9,11H,1-3H3,(H,18,20)(H,19,21)/t11-/m1/s1. The first-order chi connectivity index (χ1) is 11.4. The van der Waals surface area contributed by atoms with Crippen LogP contribution >= 0.6 is 11.3 Å². The van der Waals surface area contributed by atoms with Crippen LogP contribution in [0.3, 0.4) is 0 Å². The van der Waals surface area contributed by atoms with E-state index in [9.17, 15) is 14.4 Å². The van der Waals surface area contributed by atoms with E-state index < -0.39 is 18.0 Å². The van der Waals surface area contributed by atoms with Gasteiger partial charge in [-0.3, -0.25) is 9.59 Å². The average Bonchev–Trinajstić information content (AvgIpc) is 2.94. The van der Waals surface area contributed by atoms with Crippen molar-refractivity contribution in [1.82, 2.24) is 0 Å². The van der Waals surface area contributed by atoms with Gasteiger partial charge < -0.3 is 15.4 Å². The molecular weight excluding hydrogens is 328 g/mol. The third-order valence-electron chi connectivity index (χ3n) is 3.17. The number of anilines is 2. The van der Waals surface area contributed by atoms with Crippen LogP contribution in [0.4, 0.5) is 11.4 Å². The number of thiophene rings is 1. The van der Waals surface area contributed by atoms with Crippen molar-refractivity contribution in [3.8, 4) is 0 Å². The monoisotopic (exact) mass is 346 g/mol. The Morgan fingerprint density at radius 3 is 2.12 bits per heavy atom. The van der Waals surface area contributed by atoms with Gasteiger partial charge in [0.15, 0.2) is 6.10 Å². The quantitative estimate of drug-likeness (QED) is 0.814. The number of ether oxygens (including phenoxy) is 1. The number of rotatable bonds is 5. The molecular formula is C17H18N2O4S. The van der Waals surface area contributed by atoms with Crippen molar-refractivity contribution in [2.75, 3.05) is 10.6 Å². The fourth-order valence-corrected chi connectivity index (χ4v) is 2.74. The van der Waals surface area contributed by atoms with E-state index in [1.165, 1.54) is 25.2 Å². The van der Waals surface area contributed by atoms with Crippen LogP contribution in [0.25, 0.3) is 0 Å². The van der Waals surface area contributed by atoms with E-state index >= 15 is 0 Å². The van der Waals surface area contributed by atoms with Crippen molar-refractivity contribution < 1.29 is 19.1 Å². The minimum absolute atomic E-state index is 0.170. The average molecular weight is 346 g/mol. The first kappa shape index (κ1) is 17.7. The number of carbonyl (C=O) groups is 3. The molecule has 1 atom stereocenters. The van der Waals surface area contributed by atoms with Gasteiger partial charge in [0.2, 0.25) is 5.91 Å². The molecule has 2 N–H and O–H groups in total. The molecule has 0 radical (unpaired) electrons. The molecule has 0 spiro atoms. The van der Waals surface area contributed by atoms with Crippen molar-refractivity contribution in [2.24, 2.45) is 0 Å². The summed E-state index contributed by atoms with van der Waals surface area (Å²) in [4.78, 5) is 35.6. The lowest BCUT2D eigenvalue weighted by molar-refractivity contribution is -0.123. The number of amides is 2. The van der Waals surface area contributed by atoms with E-state index in [0.717, 1.165) is 5.56 Å². The summed E-state index contributed by atoms with van der Waals surface area (Å²) in [5.74, 6) is -1.10. The van der Waals surface area contributed by atoms with E-state index in [0.29, 0.717) is 16.3 Å². The minimum Gasteiger partial charge on any atom is -0.448 e. The highest BCUT2D eigenvalue weighted by atomic mass is 32.1. The van der Waals surface area contributed by atoms with Crippen molar-refractivity contribution in [1.29, 1.82) is 0 Å². The molecule has 2 rings (SSSR count). The Kier molecular flexibility index (Phi) is 5.70. The zero-order chi connectivity index (χ0) is 17.7. The van der Waals surface area contributed by atoms with Gasteiger partial charge in [-0.15, -0.1) is 11.3 Å². The highest BCUT2D eigenvalue weighted by Gasteiger charge is 2.20. The van der Waals surface area contributed by atoms with E-state index in [-0.39, 0.29) is 5.91 Å². The Balaban J connectivity index is 1.92. The van der Waals surface area contributed by atoms with Gasteiger partial charge in [-0.2, -0.15) is 0 Å². The molecule has 0 bridgehead atoms.